The van der Waals surface area contributed by atoms with Gasteiger partial charge in [-0.1, -0.05) is 30.3 Å². The van der Waals surface area contributed by atoms with E-state index in [4.69, 9.17) is 8.83 Å². The number of nitrogens with zero attached hydrogens (tertiary/aromatic N) is 3. The van der Waals surface area contributed by atoms with Crippen molar-refractivity contribution in [2.75, 3.05) is 20.1 Å². The fourth-order valence-electron chi connectivity index (χ4n) is 4.56. The van der Waals surface area contributed by atoms with Gasteiger partial charge in [-0.25, -0.2) is 4.98 Å². The maximum absolute atomic E-state index is 13.2. The second-order valence-corrected chi connectivity index (χ2v) is 8.46. The largest absolute Gasteiger partial charge is 0.469 e. The molecule has 0 aliphatic carbocycles. The van der Waals surface area contributed by atoms with E-state index < -0.39 is 0 Å². The predicted molar refractivity (Wildman–Crippen MR) is 119 cm³/mol. The highest BCUT2D eigenvalue weighted by atomic mass is 16.4. The van der Waals surface area contributed by atoms with Crippen molar-refractivity contribution in [3.05, 3.63) is 77.4 Å². The lowest BCUT2D eigenvalue weighted by Gasteiger charge is -2.40. The summed E-state index contributed by atoms with van der Waals surface area (Å²) in [5.41, 5.74) is 2.40. The second-order valence-electron chi connectivity index (χ2n) is 8.46. The van der Waals surface area contributed by atoms with Crippen LogP contribution in [0.2, 0.25) is 0 Å². The predicted octanol–water partition coefficient (Wildman–Crippen LogP) is 4.12. The molecule has 0 bridgehead atoms. The van der Waals surface area contributed by atoms with Crippen LogP contribution in [0, 0.1) is 19.8 Å². The van der Waals surface area contributed by atoms with Gasteiger partial charge in [0.25, 0.3) is 11.8 Å². The molecule has 0 radical (unpaired) electrons. The molecule has 7 nitrogen and oxygen atoms in total. The van der Waals surface area contributed by atoms with Gasteiger partial charge in [-0.15, -0.1) is 0 Å². The Bertz CT molecular complexity index is 1060. The molecule has 1 atom stereocenters. The van der Waals surface area contributed by atoms with Crippen molar-refractivity contribution in [1.29, 1.82) is 0 Å². The second kappa shape index (κ2) is 9.42. The third kappa shape index (κ3) is 4.47. The van der Waals surface area contributed by atoms with E-state index in [9.17, 15) is 9.59 Å². The Hall–Kier alpha value is -3.35. The molecule has 1 aliphatic rings. The fraction of sp³-hybridized carbons (Fsp3) is 0.400. The molecule has 3 heterocycles. The van der Waals surface area contributed by atoms with Crippen molar-refractivity contribution >= 4 is 11.8 Å². The number of carbonyl (C=O) groups is 2. The molecule has 4 rings (SSSR count). The molecule has 1 unspecified atom stereocenters. The third-order valence-corrected chi connectivity index (χ3v) is 6.51. The zero-order valence-electron chi connectivity index (χ0n) is 18.8. The van der Waals surface area contributed by atoms with Gasteiger partial charge < -0.3 is 18.6 Å². The quantitative estimate of drug-likeness (QED) is 0.582. The average Bonchev–Trinajstić information content (AvgIpc) is 3.44. The summed E-state index contributed by atoms with van der Waals surface area (Å²) in [7, 11) is 1.87. The summed E-state index contributed by atoms with van der Waals surface area (Å²) >= 11 is 0. The SMILES string of the molecule is Cc1ncoc1C(=O)N1CCC(C(Cc2ccccc2)N(C)C(=O)c2ccoc2C)CC1. The molecule has 7 heteroatoms. The summed E-state index contributed by atoms with van der Waals surface area (Å²) in [5.74, 6) is 1.07. The highest BCUT2D eigenvalue weighted by Gasteiger charge is 2.34. The number of furan rings is 1. The third-order valence-electron chi connectivity index (χ3n) is 6.51. The Balaban J connectivity index is 1.50. The van der Waals surface area contributed by atoms with Gasteiger partial charge in [-0.2, -0.15) is 0 Å². The van der Waals surface area contributed by atoms with Crippen molar-refractivity contribution in [2.24, 2.45) is 5.92 Å². The average molecular weight is 436 g/mol. The maximum Gasteiger partial charge on any atom is 0.291 e. The summed E-state index contributed by atoms with van der Waals surface area (Å²) in [6, 6.07) is 12.0. The first-order valence-corrected chi connectivity index (χ1v) is 11.0. The van der Waals surface area contributed by atoms with E-state index in [1.165, 1.54) is 12.0 Å². The van der Waals surface area contributed by atoms with Gasteiger partial charge in [0.1, 0.15) is 5.76 Å². The molecule has 1 aliphatic heterocycles. The summed E-state index contributed by atoms with van der Waals surface area (Å²) < 4.78 is 10.6. The standard InChI is InChI=1S/C25H29N3O4/c1-17-23(32-16-26-17)25(30)28-12-9-20(10-13-28)22(15-19-7-5-4-6-8-19)27(3)24(29)21-11-14-31-18(21)2/h4-8,11,14,16,20,22H,9-10,12-13,15H2,1-3H3. The first-order chi connectivity index (χ1) is 15.5. The molecule has 0 N–H and O–H groups in total. The Kier molecular flexibility index (Phi) is 6.44. The topological polar surface area (TPSA) is 79.8 Å². The van der Waals surface area contributed by atoms with Gasteiger partial charge in [0.2, 0.25) is 5.76 Å². The lowest BCUT2D eigenvalue weighted by molar-refractivity contribution is 0.0506. The number of aromatic nitrogens is 1. The smallest absolute Gasteiger partial charge is 0.291 e. The van der Waals surface area contributed by atoms with E-state index in [-0.39, 0.29) is 23.8 Å². The minimum atomic E-state index is -0.114. The Morgan fingerprint density at radius 3 is 2.44 bits per heavy atom. The van der Waals surface area contributed by atoms with Crippen LogP contribution in [-0.2, 0) is 6.42 Å². The monoisotopic (exact) mass is 435 g/mol. The van der Waals surface area contributed by atoms with Crippen LogP contribution in [0.15, 0.2) is 57.9 Å². The van der Waals surface area contributed by atoms with Gasteiger partial charge in [0.15, 0.2) is 6.39 Å². The minimum Gasteiger partial charge on any atom is -0.469 e. The van der Waals surface area contributed by atoms with Crippen LogP contribution in [0.4, 0.5) is 0 Å². The van der Waals surface area contributed by atoms with Gasteiger partial charge in [0, 0.05) is 26.2 Å². The summed E-state index contributed by atoms with van der Waals surface area (Å²) in [4.78, 5) is 33.8. The molecular formula is C25H29N3O4. The Morgan fingerprint density at radius 1 is 1.12 bits per heavy atom. The number of hydrogen-bond donors (Lipinski definition) is 0. The van der Waals surface area contributed by atoms with Crippen molar-refractivity contribution < 1.29 is 18.4 Å². The fourth-order valence-corrected chi connectivity index (χ4v) is 4.56. The molecular weight excluding hydrogens is 406 g/mol. The summed E-state index contributed by atoms with van der Waals surface area (Å²) in [5, 5.41) is 0. The lowest BCUT2D eigenvalue weighted by atomic mass is 9.84. The van der Waals surface area contributed by atoms with Crippen LogP contribution in [-0.4, -0.2) is 52.8 Å². The number of rotatable bonds is 6. The van der Waals surface area contributed by atoms with Crippen molar-refractivity contribution in [2.45, 2.75) is 39.2 Å². The van der Waals surface area contributed by atoms with Gasteiger partial charge in [-0.05, 0) is 50.7 Å². The molecule has 2 amide bonds. The van der Waals surface area contributed by atoms with Crippen molar-refractivity contribution in [3.63, 3.8) is 0 Å². The molecule has 32 heavy (non-hydrogen) atoms. The van der Waals surface area contributed by atoms with Crippen LogP contribution in [0.3, 0.4) is 0 Å². The molecule has 168 valence electrons. The zero-order chi connectivity index (χ0) is 22.7. The Labute approximate surface area is 188 Å². The summed E-state index contributed by atoms with van der Waals surface area (Å²) in [6.07, 6.45) is 5.26. The minimum absolute atomic E-state index is 0.0171. The summed E-state index contributed by atoms with van der Waals surface area (Å²) in [6.45, 7) is 4.84. The first kappa shape index (κ1) is 21.9. The molecule has 1 saturated heterocycles. The van der Waals surface area contributed by atoms with Crippen LogP contribution in [0.5, 0.6) is 0 Å². The molecule has 3 aromatic rings. The van der Waals surface area contributed by atoms with Gasteiger partial charge >= 0.3 is 0 Å². The molecule has 0 spiro atoms. The number of benzene rings is 1. The van der Waals surface area contributed by atoms with E-state index in [0.29, 0.717) is 35.9 Å². The number of likely N-dealkylation sites (N-methyl/N-ethyl adjacent to an activating group) is 1. The first-order valence-electron chi connectivity index (χ1n) is 11.0. The van der Waals surface area contributed by atoms with Crippen LogP contribution in [0.1, 0.15) is 50.8 Å². The number of hydrogen-bond acceptors (Lipinski definition) is 5. The van der Waals surface area contributed by atoms with Gasteiger partial charge in [0.05, 0.1) is 17.5 Å². The maximum atomic E-state index is 13.2. The lowest BCUT2D eigenvalue weighted by Crippen LogP contribution is -2.48. The van der Waals surface area contributed by atoms with Crippen LogP contribution in [0.25, 0.3) is 0 Å². The number of aryl methyl sites for hydroxylation is 2. The zero-order valence-corrected chi connectivity index (χ0v) is 18.8. The number of oxazole rings is 1. The van der Waals surface area contributed by atoms with E-state index >= 15 is 0 Å². The number of likely N-dealkylation sites (tertiary alicyclic amines) is 1. The van der Waals surface area contributed by atoms with Crippen LogP contribution >= 0.6 is 0 Å². The van der Waals surface area contributed by atoms with E-state index in [1.807, 2.05) is 42.0 Å². The van der Waals surface area contributed by atoms with Crippen LogP contribution < -0.4 is 0 Å². The highest BCUT2D eigenvalue weighted by Crippen LogP contribution is 2.29. The normalized spacial score (nSPS) is 15.5. The van der Waals surface area contributed by atoms with E-state index in [0.717, 1.165) is 19.3 Å². The van der Waals surface area contributed by atoms with E-state index in [2.05, 4.69) is 17.1 Å². The van der Waals surface area contributed by atoms with Crippen molar-refractivity contribution in [1.82, 2.24) is 14.8 Å². The number of carbonyl (C=O) groups excluding carboxylic acids is 2. The van der Waals surface area contributed by atoms with E-state index in [1.54, 1.807) is 19.3 Å². The molecule has 1 fully saturated rings. The molecule has 0 saturated carbocycles. The molecule has 1 aromatic carbocycles. The van der Waals surface area contributed by atoms with Gasteiger partial charge in [-0.3, -0.25) is 9.59 Å². The number of amides is 2. The highest BCUT2D eigenvalue weighted by molar-refractivity contribution is 5.95. The Morgan fingerprint density at radius 2 is 1.84 bits per heavy atom. The van der Waals surface area contributed by atoms with Crippen molar-refractivity contribution in [3.8, 4) is 0 Å². The number of piperidine rings is 1. The molecule has 2 aromatic heterocycles.